The van der Waals surface area contributed by atoms with E-state index in [0.717, 1.165) is 11.2 Å². The average molecular weight is 841 g/mol. The van der Waals surface area contributed by atoms with E-state index in [2.05, 4.69) is 156 Å². The maximum atomic E-state index is 7.53. The number of para-hydroxylation sites is 1. The van der Waals surface area contributed by atoms with Crippen molar-refractivity contribution in [1.82, 2.24) is 0 Å². The summed E-state index contributed by atoms with van der Waals surface area (Å²) in [5.41, 5.74) is 22.8. The van der Waals surface area contributed by atoms with Crippen molar-refractivity contribution in [3.8, 4) is 11.1 Å². The van der Waals surface area contributed by atoms with Crippen LogP contribution in [0.25, 0.3) is 22.1 Å². The zero-order chi connectivity index (χ0) is 43.5. The fourth-order valence-corrected chi connectivity index (χ4v) is 16.9. The summed E-state index contributed by atoms with van der Waals surface area (Å²) in [6.07, 6.45) is 15.4. The minimum Gasteiger partial charge on any atom is -0.468 e. The molecular formula is C60H65BN2O. The Morgan fingerprint density at radius 3 is 2.20 bits per heavy atom. The fourth-order valence-electron chi connectivity index (χ4n) is 16.9. The lowest BCUT2D eigenvalue weighted by Gasteiger charge is -2.52. The van der Waals surface area contributed by atoms with Gasteiger partial charge in [0.05, 0.1) is 22.6 Å². The standard InChI is InChI=1S/C60H65BN2O/c1-55(2,3)38-26-27-49-41(34-38)52-54(64-49)61-45-24-16-23-44-53(45)63(59(8)30-15-14-29-57(44,59)6)48-33-37(36-18-10-9-11-19-36)32-47(51(48)61)62(52)46-25-17-22-43-50(46)40-20-12-13-21-42(40)60(43)35-39-28-31-58(60,7)56(39,4)5/h12-13,16-17,20-27,32-34,36,39H,9-11,14-15,18-19,28-31,35H2,1-8H3. The molecule has 6 aromatic rings. The summed E-state index contributed by atoms with van der Waals surface area (Å²) in [7, 11) is 0. The quantitative estimate of drug-likeness (QED) is 0.162. The van der Waals surface area contributed by atoms with Crippen LogP contribution >= 0.6 is 0 Å². The second-order valence-electron chi connectivity index (χ2n) is 24.4. The van der Waals surface area contributed by atoms with E-state index in [9.17, 15) is 0 Å². The van der Waals surface area contributed by atoms with E-state index in [1.54, 1.807) is 22.3 Å². The Morgan fingerprint density at radius 1 is 0.672 bits per heavy atom. The van der Waals surface area contributed by atoms with Gasteiger partial charge >= 0.3 is 0 Å². The van der Waals surface area contributed by atoms with Gasteiger partial charge in [-0.2, -0.15) is 0 Å². The first-order valence-corrected chi connectivity index (χ1v) is 25.4. The van der Waals surface area contributed by atoms with E-state index in [-0.39, 0.29) is 39.3 Å². The number of furan rings is 1. The smallest absolute Gasteiger partial charge is 0.297 e. The number of benzene rings is 5. The van der Waals surface area contributed by atoms with Crippen molar-refractivity contribution in [1.29, 1.82) is 0 Å². The molecule has 0 saturated heterocycles. The van der Waals surface area contributed by atoms with Crippen LogP contribution < -0.4 is 26.4 Å². The Bertz CT molecular complexity index is 3030. The zero-order valence-electron chi connectivity index (χ0n) is 39.7. The molecule has 4 heteroatoms. The van der Waals surface area contributed by atoms with Crippen molar-refractivity contribution in [2.45, 2.75) is 160 Å². The molecule has 1 spiro atoms. The van der Waals surface area contributed by atoms with Crippen LogP contribution in [0.4, 0.5) is 28.4 Å². The molecule has 0 amide bonds. The fraction of sp³-hybridized carbons (Fsp3) is 0.467. The topological polar surface area (TPSA) is 19.6 Å². The molecule has 0 N–H and O–H groups in total. The normalized spacial score (nSPS) is 30.1. The Labute approximate surface area is 382 Å². The molecule has 2 bridgehead atoms. The molecule has 3 nitrogen and oxygen atoms in total. The second kappa shape index (κ2) is 12.2. The Hall–Kier alpha value is -4.70. The zero-order valence-corrected chi connectivity index (χ0v) is 39.7. The summed E-state index contributed by atoms with van der Waals surface area (Å²) < 4.78 is 7.53. The van der Waals surface area contributed by atoms with Gasteiger partial charge in [0.25, 0.3) is 6.71 Å². The van der Waals surface area contributed by atoms with Crippen molar-refractivity contribution >= 4 is 62.7 Å². The highest BCUT2D eigenvalue weighted by Gasteiger charge is 2.72. The number of anilines is 5. The molecule has 8 aliphatic rings. The largest absolute Gasteiger partial charge is 0.468 e. The van der Waals surface area contributed by atoms with Gasteiger partial charge in [-0.25, -0.2) is 0 Å². The summed E-state index contributed by atoms with van der Waals surface area (Å²) in [6.45, 7) is 20.2. The van der Waals surface area contributed by atoms with E-state index < -0.39 is 0 Å². The van der Waals surface area contributed by atoms with Crippen LogP contribution in [0.1, 0.15) is 166 Å². The van der Waals surface area contributed by atoms with Crippen LogP contribution in [0.3, 0.4) is 0 Å². The number of hydrogen-bond acceptors (Lipinski definition) is 3. The summed E-state index contributed by atoms with van der Waals surface area (Å²) in [5.74, 6) is 1.28. The molecule has 1 aromatic heterocycles. The van der Waals surface area contributed by atoms with Crippen LogP contribution in [0, 0.1) is 16.7 Å². The van der Waals surface area contributed by atoms with E-state index in [4.69, 9.17) is 4.42 Å². The van der Waals surface area contributed by atoms with Gasteiger partial charge in [0, 0.05) is 38.8 Å². The minimum atomic E-state index is -0.0192. The molecule has 324 valence electrons. The van der Waals surface area contributed by atoms with Crippen LogP contribution in [0.2, 0.25) is 0 Å². The predicted molar refractivity (Wildman–Crippen MR) is 268 cm³/mol. The Balaban J connectivity index is 1.12. The molecule has 64 heavy (non-hydrogen) atoms. The molecule has 5 atom stereocenters. The number of hydrogen-bond donors (Lipinski definition) is 0. The monoisotopic (exact) mass is 841 g/mol. The van der Waals surface area contributed by atoms with E-state index in [0.29, 0.717) is 11.8 Å². The van der Waals surface area contributed by atoms with Crippen LogP contribution in [-0.4, -0.2) is 12.3 Å². The van der Waals surface area contributed by atoms with Crippen LogP contribution in [0.15, 0.2) is 95.4 Å². The molecular weight excluding hydrogens is 775 g/mol. The first-order chi connectivity index (χ1) is 30.7. The van der Waals surface area contributed by atoms with Crippen molar-refractivity contribution < 1.29 is 4.42 Å². The van der Waals surface area contributed by atoms with Gasteiger partial charge in [0.1, 0.15) is 5.58 Å². The van der Waals surface area contributed by atoms with Crippen LogP contribution in [-0.2, 0) is 16.2 Å². The molecule has 4 fully saturated rings. The summed E-state index contributed by atoms with van der Waals surface area (Å²) >= 11 is 0. The van der Waals surface area contributed by atoms with Gasteiger partial charge < -0.3 is 14.2 Å². The Kier molecular flexibility index (Phi) is 7.35. The van der Waals surface area contributed by atoms with Gasteiger partial charge in [-0.1, -0.05) is 141 Å². The second-order valence-corrected chi connectivity index (χ2v) is 24.4. The van der Waals surface area contributed by atoms with E-state index >= 15 is 0 Å². The molecule has 4 saturated carbocycles. The highest BCUT2D eigenvalue weighted by Crippen LogP contribution is 2.78. The average Bonchev–Trinajstić information content (AvgIpc) is 3.99. The highest BCUT2D eigenvalue weighted by atomic mass is 16.3. The molecule has 3 aliphatic heterocycles. The third kappa shape index (κ3) is 4.27. The lowest BCUT2D eigenvalue weighted by molar-refractivity contribution is 0.0990. The molecule has 4 heterocycles. The third-order valence-corrected chi connectivity index (χ3v) is 20.8. The molecule has 0 radical (unpaired) electrons. The molecule has 5 aliphatic carbocycles. The maximum absolute atomic E-state index is 7.53. The Morgan fingerprint density at radius 2 is 1.42 bits per heavy atom. The van der Waals surface area contributed by atoms with Gasteiger partial charge in [-0.3, -0.25) is 0 Å². The minimum absolute atomic E-state index is 0.00126. The first kappa shape index (κ1) is 38.6. The molecule has 5 unspecified atom stereocenters. The lowest BCUT2D eigenvalue weighted by atomic mass is 9.35. The van der Waals surface area contributed by atoms with E-state index in [1.807, 2.05) is 0 Å². The first-order valence-electron chi connectivity index (χ1n) is 25.4. The molecule has 5 aromatic carbocycles. The van der Waals surface area contributed by atoms with Crippen molar-refractivity contribution in [3.05, 3.63) is 119 Å². The number of fused-ring (bicyclic) bond motifs is 17. The van der Waals surface area contributed by atoms with Crippen molar-refractivity contribution in [2.24, 2.45) is 16.7 Å². The van der Waals surface area contributed by atoms with Crippen LogP contribution in [0.5, 0.6) is 0 Å². The summed E-state index contributed by atoms with van der Waals surface area (Å²) in [6, 6.07) is 37.1. The number of nitrogens with zero attached hydrogens (tertiary/aromatic N) is 2. The van der Waals surface area contributed by atoms with Crippen molar-refractivity contribution in [3.63, 3.8) is 0 Å². The number of rotatable bonds is 2. The highest BCUT2D eigenvalue weighted by molar-refractivity contribution is 7.00. The van der Waals surface area contributed by atoms with Gasteiger partial charge in [-0.05, 0) is 155 Å². The summed E-state index contributed by atoms with van der Waals surface area (Å²) in [4.78, 5) is 5.72. The third-order valence-electron chi connectivity index (χ3n) is 20.8. The van der Waals surface area contributed by atoms with Gasteiger partial charge in [0.15, 0.2) is 0 Å². The summed E-state index contributed by atoms with van der Waals surface area (Å²) in [5, 5.41) is 1.24. The van der Waals surface area contributed by atoms with Crippen molar-refractivity contribution in [2.75, 3.05) is 9.80 Å². The van der Waals surface area contributed by atoms with Gasteiger partial charge in [0.2, 0.25) is 0 Å². The SMILES string of the molecule is CC(C)(C)c1ccc2oc3c(c2c1)N(c1cccc2c1-c1ccccc1C21CC2CCC1(C)C2(C)C)c1cc(C2CCCCC2)cc2c1B3c1cccc3c1N2C1(C)CCCCC31C. The maximum Gasteiger partial charge on any atom is 0.297 e. The van der Waals surface area contributed by atoms with Gasteiger partial charge in [-0.15, -0.1) is 0 Å². The predicted octanol–water partition coefficient (Wildman–Crippen LogP) is 14.2. The molecule has 14 rings (SSSR count). The lowest BCUT2D eigenvalue weighted by Crippen LogP contribution is -2.64. The van der Waals surface area contributed by atoms with E-state index in [1.165, 1.54) is 138 Å².